The molecular weight excluding hydrogens is 348 g/mol. The molecule has 0 N–H and O–H groups in total. The first-order valence-electron chi connectivity index (χ1n) is 14.4. The summed E-state index contributed by atoms with van der Waals surface area (Å²) in [4.78, 5) is 0. The van der Waals surface area contributed by atoms with Crippen LogP contribution in [0.1, 0.15) is 135 Å². The van der Waals surface area contributed by atoms with Crippen molar-refractivity contribution in [1.82, 2.24) is 0 Å². The van der Waals surface area contributed by atoms with Gasteiger partial charge in [-0.2, -0.15) is 0 Å². The predicted molar refractivity (Wildman–Crippen MR) is 125 cm³/mol. The minimum atomic E-state index is 1.12. The van der Waals surface area contributed by atoms with Gasteiger partial charge in [-0.05, 0) is 124 Å². The number of hydrogen-bond donors (Lipinski definition) is 0. The van der Waals surface area contributed by atoms with Crippen LogP contribution in [-0.2, 0) is 0 Å². The summed E-state index contributed by atoms with van der Waals surface area (Å²) in [5, 5.41) is 0. The summed E-state index contributed by atoms with van der Waals surface area (Å²) in [6.07, 6.45) is 33.2. The summed E-state index contributed by atoms with van der Waals surface area (Å²) in [5.74, 6) is 8.99. The molecular formula is C29H50. The van der Waals surface area contributed by atoms with Gasteiger partial charge in [0.15, 0.2) is 0 Å². The Balaban J connectivity index is 1.02. The maximum absolute atomic E-state index is 1.60. The van der Waals surface area contributed by atoms with Crippen molar-refractivity contribution in [2.45, 2.75) is 135 Å². The lowest BCUT2D eigenvalue weighted by Gasteiger charge is -2.43. The van der Waals surface area contributed by atoms with Crippen molar-refractivity contribution >= 4 is 0 Å². The fourth-order valence-corrected chi connectivity index (χ4v) is 9.30. The van der Waals surface area contributed by atoms with E-state index in [0.717, 1.165) is 47.3 Å². The molecule has 5 saturated carbocycles. The lowest BCUT2D eigenvalue weighted by atomic mass is 9.63. The Labute approximate surface area is 182 Å². The van der Waals surface area contributed by atoms with Crippen LogP contribution in [0.3, 0.4) is 0 Å². The summed E-state index contributed by atoms with van der Waals surface area (Å²) in [6, 6.07) is 0. The van der Waals surface area contributed by atoms with Crippen molar-refractivity contribution in [3.8, 4) is 0 Å². The molecule has 0 aromatic carbocycles. The molecule has 5 fully saturated rings. The quantitative estimate of drug-likeness (QED) is 0.442. The predicted octanol–water partition coefficient (Wildman–Crippen LogP) is 9.18. The molecule has 0 amide bonds. The van der Waals surface area contributed by atoms with Gasteiger partial charge in [0.2, 0.25) is 0 Å². The van der Waals surface area contributed by atoms with E-state index in [-0.39, 0.29) is 0 Å². The molecule has 29 heavy (non-hydrogen) atoms. The van der Waals surface area contributed by atoms with E-state index < -0.39 is 0 Å². The van der Waals surface area contributed by atoms with Crippen molar-refractivity contribution in [2.75, 3.05) is 0 Å². The minimum absolute atomic E-state index is 1.12. The minimum Gasteiger partial charge on any atom is -0.0533 e. The second-order valence-electron chi connectivity index (χ2n) is 12.5. The van der Waals surface area contributed by atoms with Crippen molar-refractivity contribution in [2.24, 2.45) is 47.3 Å². The fourth-order valence-electron chi connectivity index (χ4n) is 9.30. The van der Waals surface area contributed by atoms with Crippen LogP contribution in [0.5, 0.6) is 0 Å². The Morgan fingerprint density at radius 3 is 0.586 bits per heavy atom. The van der Waals surface area contributed by atoms with Gasteiger partial charge in [0, 0.05) is 0 Å². The van der Waals surface area contributed by atoms with E-state index in [9.17, 15) is 0 Å². The fraction of sp³-hybridized carbons (Fsp3) is 1.00. The van der Waals surface area contributed by atoms with Gasteiger partial charge in [-0.1, -0.05) is 57.8 Å². The second kappa shape index (κ2) is 10.1. The summed E-state index contributed by atoms with van der Waals surface area (Å²) < 4.78 is 0. The van der Waals surface area contributed by atoms with Gasteiger partial charge >= 0.3 is 0 Å². The molecule has 0 aromatic rings. The average molecular weight is 399 g/mol. The first kappa shape index (κ1) is 20.9. The highest BCUT2D eigenvalue weighted by Crippen LogP contribution is 2.49. The first-order chi connectivity index (χ1) is 14.4. The SMILES string of the molecule is C1CCC(C2CCC(C3CCC(C4CCC(C5CCCC5)CC4)CC3)CC2)CC1. The molecule has 0 aromatic heterocycles. The molecule has 0 spiro atoms. The molecule has 166 valence electrons. The molecule has 5 aliphatic carbocycles. The molecule has 0 aliphatic heterocycles. The summed E-state index contributed by atoms with van der Waals surface area (Å²) in [6.45, 7) is 0. The Kier molecular flexibility index (Phi) is 7.26. The monoisotopic (exact) mass is 398 g/mol. The van der Waals surface area contributed by atoms with Crippen LogP contribution >= 0.6 is 0 Å². The molecule has 0 radical (unpaired) electrons. The van der Waals surface area contributed by atoms with Gasteiger partial charge in [0.05, 0.1) is 0 Å². The zero-order valence-corrected chi connectivity index (χ0v) is 19.5. The van der Waals surface area contributed by atoms with Crippen LogP contribution in [0.25, 0.3) is 0 Å². The number of hydrogen-bond acceptors (Lipinski definition) is 0. The number of rotatable bonds is 4. The van der Waals surface area contributed by atoms with Crippen molar-refractivity contribution < 1.29 is 0 Å². The molecule has 0 bridgehead atoms. The van der Waals surface area contributed by atoms with Crippen LogP contribution in [0.15, 0.2) is 0 Å². The van der Waals surface area contributed by atoms with Crippen LogP contribution in [0.4, 0.5) is 0 Å². The maximum Gasteiger partial charge on any atom is -0.0386 e. The van der Waals surface area contributed by atoms with Gasteiger partial charge in [0.1, 0.15) is 0 Å². The van der Waals surface area contributed by atoms with Crippen LogP contribution in [-0.4, -0.2) is 0 Å². The van der Waals surface area contributed by atoms with Crippen molar-refractivity contribution in [1.29, 1.82) is 0 Å². The van der Waals surface area contributed by atoms with E-state index in [1.54, 1.807) is 103 Å². The van der Waals surface area contributed by atoms with E-state index in [2.05, 4.69) is 0 Å². The van der Waals surface area contributed by atoms with Crippen LogP contribution in [0.2, 0.25) is 0 Å². The Hall–Kier alpha value is 0. The normalized spacial score (nSPS) is 43.4. The van der Waals surface area contributed by atoms with E-state index in [1.807, 2.05) is 0 Å². The zero-order chi connectivity index (χ0) is 19.5. The van der Waals surface area contributed by atoms with Crippen LogP contribution in [0, 0.1) is 47.3 Å². The lowest BCUT2D eigenvalue weighted by molar-refractivity contribution is 0.0848. The summed E-state index contributed by atoms with van der Waals surface area (Å²) in [5.41, 5.74) is 0. The lowest BCUT2D eigenvalue weighted by Crippen LogP contribution is -2.31. The van der Waals surface area contributed by atoms with Gasteiger partial charge in [-0.15, -0.1) is 0 Å². The largest absolute Gasteiger partial charge is 0.0533 e. The van der Waals surface area contributed by atoms with E-state index in [1.165, 1.54) is 32.1 Å². The highest BCUT2D eigenvalue weighted by molar-refractivity contribution is 4.88. The van der Waals surface area contributed by atoms with E-state index in [4.69, 9.17) is 0 Å². The Morgan fingerprint density at radius 2 is 0.345 bits per heavy atom. The Bertz CT molecular complexity index is 458. The molecule has 0 heterocycles. The third kappa shape index (κ3) is 5.09. The van der Waals surface area contributed by atoms with Crippen LogP contribution < -0.4 is 0 Å². The second-order valence-corrected chi connectivity index (χ2v) is 12.5. The maximum atomic E-state index is 1.60. The molecule has 0 atom stereocenters. The molecule has 0 unspecified atom stereocenters. The van der Waals surface area contributed by atoms with Crippen molar-refractivity contribution in [3.05, 3.63) is 0 Å². The highest BCUT2D eigenvalue weighted by atomic mass is 14.4. The Morgan fingerprint density at radius 1 is 0.172 bits per heavy atom. The third-order valence-electron chi connectivity index (χ3n) is 11.2. The smallest absolute Gasteiger partial charge is 0.0386 e. The van der Waals surface area contributed by atoms with Gasteiger partial charge < -0.3 is 0 Å². The summed E-state index contributed by atoms with van der Waals surface area (Å²) in [7, 11) is 0. The first-order valence-corrected chi connectivity index (χ1v) is 14.4. The van der Waals surface area contributed by atoms with Gasteiger partial charge in [0.25, 0.3) is 0 Å². The molecule has 0 saturated heterocycles. The third-order valence-corrected chi connectivity index (χ3v) is 11.2. The summed E-state index contributed by atoms with van der Waals surface area (Å²) >= 11 is 0. The zero-order valence-electron chi connectivity index (χ0n) is 19.5. The molecule has 0 nitrogen and oxygen atoms in total. The highest BCUT2D eigenvalue weighted by Gasteiger charge is 2.37. The standard InChI is InChI=1S/C29H50/c1-2-6-22(7-3-1)24-10-14-26(15-11-24)28-18-20-29(21-19-28)27-16-12-25(13-17-27)23-8-4-5-9-23/h22-29H,1-21H2. The topological polar surface area (TPSA) is 0 Å². The average Bonchev–Trinajstić information content (AvgIpc) is 3.35. The van der Waals surface area contributed by atoms with Crippen molar-refractivity contribution in [3.63, 3.8) is 0 Å². The molecule has 0 heteroatoms. The molecule has 5 aliphatic rings. The van der Waals surface area contributed by atoms with Gasteiger partial charge in [-0.3, -0.25) is 0 Å². The van der Waals surface area contributed by atoms with E-state index in [0.29, 0.717) is 0 Å². The molecule has 5 rings (SSSR count). The van der Waals surface area contributed by atoms with Gasteiger partial charge in [-0.25, -0.2) is 0 Å². The van der Waals surface area contributed by atoms with E-state index >= 15 is 0 Å².